The van der Waals surface area contributed by atoms with E-state index in [2.05, 4.69) is 18.7 Å². The minimum atomic E-state index is -0.0594. The van der Waals surface area contributed by atoms with Gasteiger partial charge in [0, 0.05) is 6.04 Å². The molecule has 3 atom stereocenters. The summed E-state index contributed by atoms with van der Waals surface area (Å²) in [6, 6.07) is 0.466. The highest BCUT2D eigenvalue weighted by atomic mass is 16.3. The Morgan fingerprint density at radius 1 is 0.895 bits per heavy atom. The first-order chi connectivity index (χ1) is 9.24. The molecule has 1 N–H and O–H groups in total. The van der Waals surface area contributed by atoms with Crippen LogP contribution in [0.5, 0.6) is 0 Å². The van der Waals surface area contributed by atoms with Crippen molar-refractivity contribution < 1.29 is 5.11 Å². The van der Waals surface area contributed by atoms with E-state index in [4.69, 9.17) is 0 Å². The Kier molecular flexibility index (Phi) is 6.15. The van der Waals surface area contributed by atoms with Crippen molar-refractivity contribution >= 4 is 0 Å². The van der Waals surface area contributed by atoms with Gasteiger partial charge in [0.15, 0.2) is 0 Å². The van der Waals surface area contributed by atoms with Gasteiger partial charge in [0.25, 0.3) is 0 Å². The maximum Gasteiger partial charge on any atom is 0.0695 e. The highest BCUT2D eigenvalue weighted by Gasteiger charge is 2.34. The Hall–Kier alpha value is -0.0800. The highest BCUT2D eigenvalue weighted by Crippen LogP contribution is 2.33. The quantitative estimate of drug-likeness (QED) is 0.818. The minimum absolute atomic E-state index is 0.0594. The molecule has 2 fully saturated rings. The van der Waals surface area contributed by atoms with Crippen LogP contribution in [0, 0.1) is 11.8 Å². The van der Waals surface area contributed by atoms with Crippen LogP contribution in [0.25, 0.3) is 0 Å². The molecule has 1 heterocycles. The summed E-state index contributed by atoms with van der Waals surface area (Å²) in [6.07, 6.45) is 11.6. The maximum absolute atomic E-state index is 10.3. The van der Waals surface area contributed by atoms with E-state index in [-0.39, 0.29) is 6.10 Å². The number of piperidine rings is 1. The maximum atomic E-state index is 10.3. The van der Waals surface area contributed by atoms with Crippen LogP contribution in [0.2, 0.25) is 0 Å². The van der Waals surface area contributed by atoms with Crippen molar-refractivity contribution in [2.24, 2.45) is 11.8 Å². The van der Waals surface area contributed by atoms with Gasteiger partial charge in [-0.3, -0.25) is 4.90 Å². The summed E-state index contributed by atoms with van der Waals surface area (Å²) in [6.45, 7) is 7.04. The van der Waals surface area contributed by atoms with Crippen molar-refractivity contribution in [3.63, 3.8) is 0 Å². The monoisotopic (exact) mass is 267 g/mol. The molecule has 0 spiro atoms. The number of aliphatic hydroxyl groups excluding tert-OH is 1. The molecule has 1 saturated heterocycles. The summed E-state index contributed by atoms with van der Waals surface area (Å²) in [5.74, 6) is 1.82. The average molecular weight is 267 g/mol. The van der Waals surface area contributed by atoms with E-state index in [0.717, 1.165) is 18.3 Å². The van der Waals surface area contributed by atoms with Crippen LogP contribution >= 0.6 is 0 Å². The van der Waals surface area contributed by atoms with Gasteiger partial charge in [0.05, 0.1) is 6.10 Å². The number of rotatable bonds is 5. The lowest BCUT2D eigenvalue weighted by Crippen LogP contribution is -2.50. The Labute approximate surface area is 119 Å². The van der Waals surface area contributed by atoms with Gasteiger partial charge in [0.1, 0.15) is 0 Å². The second-order valence-corrected chi connectivity index (χ2v) is 6.87. The summed E-state index contributed by atoms with van der Waals surface area (Å²) in [5.41, 5.74) is 0. The number of hydrogen-bond donors (Lipinski definition) is 1. The zero-order chi connectivity index (χ0) is 13.7. The molecule has 1 saturated carbocycles. The second-order valence-electron chi connectivity index (χ2n) is 6.87. The van der Waals surface area contributed by atoms with Gasteiger partial charge >= 0.3 is 0 Å². The van der Waals surface area contributed by atoms with Crippen molar-refractivity contribution in [1.82, 2.24) is 4.90 Å². The molecule has 2 nitrogen and oxygen atoms in total. The van der Waals surface area contributed by atoms with Crippen LogP contribution in [0.4, 0.5) is 0 Å². The fraction of sp³-hybridized carbons (Fsp3) is 1.00. The number of aliphatic hydroxyl groups is 1. The molecule has 0 amide bonds. The third-order valence-electron chi connectivity index (χ3n) is 5.40. The fourth-order valence-electron chi connectivity index (χ4n) is 4.26. The number of hydrogen-bond acceptors (Lipinski definition) is 2. The van der Waals surface area contributed by atoms with Crippen molar-refractivity contribution in [2.45, 2.75) is 83.8 Å². The lowest BCUT2D eigenvalue weighted by Gasteiger charge is -2.43. The summed E-state index contributed by atoms with van der Waals surface area (Å²) >= 11 is 0. The second kappa shape index (κ2) is 7.64. The Balaban J connectivity index is 1.82. The molecule has 1 aliphatic carbocycles. The van der Waals surface area contributed by atoms with E-state index in [0.29, 0.717) is 6.04 Å². The topological polar surface area (TPSA) is 23.5 Å². The van der Waals surface area contributed by atoms with Gasteiger partial charge in [0.2, 0.25) is 0 Å². The number of nitrogens with zero attached hydrogens (tertiary/aromatic N) is 1. The molecule has 2 heteroatoms. The first-order valence-electron chi connectivity index (χ1n) is 8.66. The molecule has 2 aliphatic rings. The lowest BCUT2D eigenvalue weighted by molar-refractivity contribution is -0.0126. The van der Waals surface area contributed by atoms with Crippen molar-refractivity contribution in [3.05, 3.63) is 0 Å². The molecule has 19 heavy (non-hydrogen) atoms. The third-order valence-corrected chi connectivity index (χ3v) is 5.40. The first kappa shape index (κ1) is 15.3. The van der Waals surface area contributed by atoms with Crippen LogP contribution in [0.15, 0.2) is 0 Å². The van der Waals surface area contributed by atoms with E-state index in [9.17, 15) is 5.11 Å². The van der Waals surface area contributed by atoms with E-state index < -0.39 is 0 Å². The van der Waals surface area contributed by atoms with Crippen LogP contribution < -0.4 is 0 Å². The summed E-state index contributed by atoms with van der Waals surface area (Å²) in [7, 11) is 0. The number of likely N-dealkylation sites (tertiary alicyclic amines) is 1. The molecule has 0 aromatic heterocycles. The van der Waals surface area contributed by atoms with Gasteiger partial charge in [-0.2, -0.15) is 0 Å². The van der Waals surface area contributed by atoms with Gasteiger partial charge in [-0.25, -0.2) is 0 Å². The van der Waals surface area contributed by atoms with E-state index in [1.165, 1.54) is 64.5 Å². The van der Waals surface area contributed by atoms with Crippen LogP contribution in [-0.2, 0) is 0 Å². The van der Waals surface area contributed by atoms with Gasteiger partial charge in [-0.15, -0.1) is 0 Å². The minimum Gasteiger partial charge on any atom is -0.391 e. The largest absolute Gasteiger partial charge is 0.391 e. The zero-order valence-electron chi connectivity index (χ0n) is 13.0. The van der Waals surface area contributed by atoms with Crippen molar-refractivity contribution in [3.8, 4) is 0 Å². The summed E-state index contributed by atoms with van der Waals surface area (Å²) in [4.78, 5) is 2.61. The predicted molar refractivity (Wildman–Crippen MR) is 81.2 cm³/mol. The van der Waals surface area contributed by atoms with Crippen LogP contribution in [0.1, 0.15) is 71.6 Å². The standard InChI is InChI=1S/C17H33NO/c1-3-5-14-9-11-18(12-10-14)16-13-15(6-4-2)7-8-17(16)19/h14-17,19H,3-13H2,1-2H3. The van der Waals surface area contributed by atoms with Gasteiger partial charge < -0.3 is 5.11 Å². The molecular weight excluding hydrogens is 234 g/mol. The SMILES string of the molecule is CCCC1CCN(C2CC(CCC)CCC2O)CC1. The summed E-state index contributed by atoms with van der Waals surface area (Å²) < 4.78 is 0. The van der Waals surface area contributed by atoms with E-state index >= 15 is 0 Å². The first-order valence-corrected chi connectivity index (χ1v) is 8.66. The van der Waals surface area contributed by atoms with Crippen LogP contribution in [0.3, 0.4) is 0 Å². The Morgan fingerprint density at radius 3 is 2.16 bits per heavy atom. The summed E-state index contributed by atoms with van der Waals surface area (Å²) in [5, 5.41) is 10.3. The Morgan fingerprint density at radius 2 is 1.53 bits per heavy atom. The molecule has 3 unspecified atom stereocenters. The van der Waals surface area contributed by atoms with Gasteiger partial charge in [-0.05, 0) is 57.0 Å². The molecule has 0 radical (unpaired) electrons. The lowest BCUT2D eigenvalue weighted by atomic mass is 9.79. The van der Waals surface area contributed by atoms with E-state index in [1.54, 1.807) is 0 Å². The molecule has 2 rings (SSSR count). The molecule has 1 aliphatic heterocycles. The normalized spacial score (nSPS) is 34.6. The van der Waals surface area contributed by atoms with Crippen molar-refractivity contribution in [2.75, 3.05) is 13.1 Å². The molecule has 0 aromatic rings. The molecular formula is C17H33NO. The molecule has 0 aromatic carbocycles. The van der Waals surface area contributed by atoms with Crippen LogP contribution in [-0.4, -0.2) is 35.2 Å². The fourth-order valence-corrected chi connectivity index (χ4v) is 4.26. The van der Waals surface area contributed by atoms with Crippen molar-refractivity contribution in [1.29, 1.82) is 0 Å². The zero-order valence-corrected chi connectivity index (χ0v) is 13.0. The predicted octanol–water partition coefficient (Wildman–Crippen LogP) is 3.83. The Bertz CT molecular complexity index is 248. The highest BCUT2D eigenvalue weighted by molar-refractivity contribution is 4.88. The molecule has 112 valence electrons. The average Bonchev–Trinajstić information content (AvgIpc) is 2.43. The third kappa shape index (κ3) is 4.19. The van der Waals surface area contributed by atoms with E-state index in [1.807, 2.05) is 0 Å². The smallest absolute Gasteiger partial charge is 0.0695 e. The molecule has 0 bridgehead atoms. The van der Waals surface area contributed by atoms with Gasteiger partial charge in [-0.1, -0.05) is 39.5 Å².